The highest BCUT2D eigenvalue weighted by Crippen LogP contribution is 2.30. The molecule has 0 spiro atoms. The molecule has 0 saturated heterocycles. The maximum absolute atomic E-state index is 12.6. The van der Waals surface area contributed by atoms with Crippen LogP contribution in [0.1, 0.15) is 42.3 Å². The molecule has 1 aromatic carbocycles. The van der Waals surface area contributed by atoms with Gasteiger partial charge < -0.3 is 9.73 Å². The van der Waals surface area contributed by atoms with Crippen LogP contribution < -0.4 is 10.0 Å². The molecule has 0 radical (unpaired) electrons. The molecule has 9 heteroatoms. The highest BCUT2D eigenvalue weighted by molar-refractivity contribution is 7.89. The monoisotopic (exact) mass is 430 g/mol. The number of halogens is 2. The van der Waals surface area contributed by atoms with Crippen LogP contribution in [0.25, 0.3) is 0 Å². The van der Waals surface area contributed by atoms with E-state index in [1.54, 1.807) is 6.26 Å². The van der Waals surface area contributed by atoms with Crippen LogP contribution in [0.2, 0.25) is 10.0 Å². The molecule has 146 valence electrons. The van der Waals surface area contributed by atoms with Crippen molar-refractivity contribution in [1.82, 2.24) is 10.0 Å². The lowest BCUT2D eigenvalue weighted by Crippen LogP contribution is -2.33. The van der Waals surface area contributed by atoms with Crippen molar-refractivity contribution in [2.75, 3.05) is 0 Å². The summed E-state index contributed by atoms with van der Waals surface area (Å²) in [5, 5.41) is 2.91. The summed E-state index contributed by atoms with van der Waals surface area (Å²) >= 11 is 12.2. The minimum atomic E-state index is -3.80. The molecule has 0 aliphatic heterocycles. The first-order valence-electron chi connectivity index (χ1n) is 8.61. The number of aryl methyl sites for hydroxylation is 1. The summed E-state index contributed by atoms with van der Waals surface area (Å²) in [6.45, 7) is 1.86. The number of hydrogen-bond donors (Lipinski definition) is 2. The van der Waals surface area contributed by atoms with Crippen molar-refractivity contribution in [2.24, 2.45) is 0 Å². The van der Waals surface area contributed by atoms with Gasteiger partial charge in [0.1, 0.15) is 10.7 Å². The van der Waals surface area contributed by atoms with Gasteiger partial charge in [0.05, 0.1) is 21.9 Å². The maximum atomic E-state index is 12.6. The predicted molar refractivity (Wildman–Crippen MR) is 104 cm³/mol. The Kier molecular flexibility index (Phi) is 6.15. The van der Waals surface area contributed by atoms with Gasteiger partial charge in [-0.2, -0.15) is 0 Å². The van der Waals surface area contributed by atoms with E-state index in [1.165, 1.54) is 12.1 Å². The van der Waals surface area contributed by atoms with Crippen molar-refractivity contribution in [1.29, 1.82) is 0 Å². The molecule has 1 aromatic heterocycles. The number of carbonyl (C=O) groups excluding carboxylic acids is 1. The van der Waals surface area contributed by atoms with Gasteiger partial charge in [0.15, 0.2) is 0 Å². The quantitative estimate of drug-likeness (QED) is 0.666. The van der Waals surface area contributed by atoms with Gasteiger partial charge in [0.25, 0.3) is 5.91 Å². The maximum Gasteiger partial charge on any atom is 0.253 e. The molecule has 1 aliphatic carbocycles. The molecule has 1 fully saturated rings. The molecule has 1 atom stereocenters. The second kappa shape index (κ2) is 8.22. The second-order valence-electron chi connectivity index (χ2n) is 6.65. The van der Waals surface area contributed by atoms with Gasteiger partial charge in [0, 0.05) is 18.5 Å². The van der Waals surface area contributed by atoms with E-state index in [2.05, 4.69) is 10.0 Å². The summed E-state index contributed by atoms with van der Waals surface area (Å²) in [6.07, 6.45) is 4.53. The molecule has 2 aromatic rings. The molecule has 27 heavy (non-hydrogen) atoms. The Morgan fingerprint density at radius 1 is 1.30 bits per heavy atom. The molecular formula is C18H20Cl2N2O4S. The van der Waals surface area contributed by atoms with Crippen molar-refractivity contribution in [2.45, 2.75) is 49.6 Å². The van der Waals surface area contributed by atoms with Crippen LogP contribution in [0.5, 0.6) is 0 Å². The van der Waals surface area contributed by atoms with Crippen LogP contribution in [0.4, 0.5) is 0 Å². The zero-order valence-electron chi connectivity index (χ0n) is 14.7. The van der Waals surface area contributed by atoms with Crippen LogP contribution >= 0.6 is 23.2 Å². The third kappa shape index (κ3) is 5.25. The number of hydrogen-bond acceptors (Lipinski definition) is 4. The Morgan fingerprint density at radius 3 is 2.67 bits per heavy atom. The number of benzene rings is 1. The molecule has 1 saturated carbocycles. The number of carbonyl (C=O) groups is 1. The van der Waals surface area contributed by atoms with Gasteiger partial charge in [-0.05, 0) is 50.5 Å². The summed E-state index contributed by atoms with van der Waals surface area (Å²) in [4.78, 5) is 12.4. The minimum absolute atomic E-state index is 0.0180. The first-order chi connectivity index (χ1) is 12.8. The van der Waals surface area contributed by atoms with Crippen molar-refractivity contribution < 1.29 is 17.6 Å². The fraction of sp³-hybridized carbons (Fsp3) is 0.389. The summed E-state index contributed by atoms with van der Waals surface area (Å²) in [7, 11) is -3.80. The van der Waals surface area contributed by atoms with E-state index in [0.717, 1.165) is 18.6 Å². The highest BCUT2D eigenvalue weighted by Gasteiger charge is 2.30. The van der Waals surface area contributed by atoms with E-state index < -0.39 is 15.9 Å². The van der Waals surface area contributed by atoms with Crippen LogP contribution in [0, 0.1) is 0 Å². The first kappa shape index (κ1) is 20.2. The molecule has 1 unspecified atom stereocenters. The number of sulfonamides is 1. The van der Waals surface area contributed by atoms with Crippen molar-refractivity contribution >= 4 is 39.1 Å². The van der Waals surface area contributed by atoms with Crippen LogP contribution in [-0.2, 0) is 16.4 Å². The van der Waals surface area contributed by atoms with Gasteiger partial charge in [-0.1, -0.05) is 23.2 Å². The van der Waals surface area contributed by atoms with Gasteiger partial charge >= 0.3 is 0 Å². The Bertz CT molecular complexity index is 925. The van der Waals surface area contributed by atoms with Crippen LogP contribution in [-0.4, -0.2) is 26.4 Å². The fourth-order valence-corrected chi connectivity index (χ4v) is 4.74. The molecule has 1 amide bonds. The molecule has 6 nitrogen and oxygen atoms in total. The number of rotatable bonds is 8. The lowest BCUT2D eigenvalue weighted by Gasteiger charge is -2.15. The summed E-state index contributed by atoms with van der Waals surface area (Å²) in [6, 6.07) is 5.97. The molecule has 3 rings (SSSR count). The predicted octanol–water partition coefficient (Wildman–Crippen LogP) is 3.78. The lowest BCUT2D eigenvalue weighted by atomic mass is 10.1. The summed E-state index contributed by atoms with van der Waals surface area (Å²) in [5.41, 5.74) is 0.0714. The Hall–Kier alpha value is -1.54. The Balaban J connectivity index is 1.72. The zero-order valence-corrected chi connectivity index (χ0v) is 17.0. The van der Waals surface area contributed by atoms with E-state index >= 15 is 0 Å². The van der Waals surface area contributed by atoms with E-state index in [1.807, 2.05) is 19.1 Å². The molecule has 1 heterocycles. The third-order valence-electron chi connectivity index (χ3n) is 4.24. The number of furan rings is 1. The van der Waals surface area contributed by atoms with Crippen molar-refractivity contribution in [3.8, 4) is 0 Å². The number of amides is 1. The zero-order chi connectivity index (χ0) is 19.6. The summed E-state index contributed by atoms with van der Waals surface area (Å²) in [5.74, 6) is 0.381. The van der Waals surface area contributed by atoms with E-state index in [9.17, 15) is 13.2 Å². The Morgan fingerprint density at radius 2 is 2.04 bits per heavy atom. The van der Waals surface area contributed by atoms with Crippen molar-refractivity contribution in [3.05, 3.63) is 51.9 Å². The van der Waals surface area contributed by atoms with Gasteiger partial charge in [-0.25, -0.2) is 13.1 Å². The lowest BCUT2D eigenvalue weighted by molar-refractivity contribution is 0.0938. The minimum Gasteiger partial charge on any atom is -0.469 e. The topological polar surface area (TPSA) is 88.4 Å². The summed E-state index contributed by atoms with van der Waals surface area (Å²) < 4.78 is 32.8. The highest BCUT2D eigenvalue weighted by atomic mass is 35.5. The molecule has 1 aliphatic rings. The van der Waals surface area contributed by atoms with Crippen LogP contribution in [0.3, 0.4) is 0 Å². The number of nitrogens with one attached hydrogen (secondary N) is 2. The SMILES string of the molecule is CC(CCc1ccco1)NC(=O)c1cc(S(=O)(=O)NC2CC2)c(Cl)cc1Cl. The van der Waals surface area contributed by atoms with Gasteiger partial charge in [-0.3, -0.25) is 4.79 Å². The standard InChI is InChI=1S/C18H20Cl2N2O4S/c1-11(4-7-13-3-2-8-26-13)21-18(23)14-9-17(16(20)10-15(14)19)27(24,25)22-12-5-6-12/h2-3,8-12,22H,4-7H2,1H3,(H,21,23). The molecule has 2 N–H and O–H groups in total. The van der Waals surface area contributed by atoms with Crippen molar-refractivity contribution in [3.63, 3.8) is 0 Å². The van der Waals surface area contributed by atoms with Gasteiger partial charge in [-0.15, -0.1) is 0 Å². The van der Waals surface area contributed by atoms with Gasteiger partial charge in [0.2, 0.25) is 10.0 Å². The third-order valence-corrected chi connectivity index (χ3v) is 6.53. The molecular weight excluding hydrogens is 411 g/mol. The van der Waals surface area contributed by atoms with E-state index in [-0.39, 0.29) is 32.6 Å². The van der Waals surface area contributed by atoms with Crippen LogP contribution in [0.15, 0.2) is 39.8 Å². The second-order valence-corrected chi connectivity index (χ2v) is 9.15. The Labute approximate surface area is 168 Å². The average Bonchev–Trinajstić information content (AvgIpc) is 3.22. The average molecular weight is 431 g/mol. The van der Waals surface area contributed by atoms with E-state index in [0.29, 0.717) is 12.8 Å². The van der Waals surface area contributed by atoms with E-state index in [4.69, 9.17) is 27.6 Å². The fourth-order valence-electron chi connectivity index (χ4n) is 2.58. The first-order valence-corrected chi connectivity index (χ1v) is 10.8. The smallest absolute Gasteiger partial charge is 0.253 e. The molecule has 0 bridgehead atoms. The normalized spacial score (nSPS) is 15.5. The largest absolute Gasteiger partial charge is 0.469 e.